The summed E-state index contributed by atoms with van der Waals surface area (Å²) >= 11 is 0. The predicted octanol–water partition coefficient (Wildman–Crippen LogP) is 4.04. The molecule has 126 valence electrons. The molecule has 4 rings (SSSR count). The topological polar surface area (TPSA) is 59.8 Å². The van der Waals surface area contributed by atoms with Crippen molar-refractivity contribution in [1.82, 2.24) is 14.5 Å². The van der Waals surface area contributed by atoms with Crippen LogP contribution in [0.1, 0.15) is 0 Å². The van der Waals surface area contributed by atoms with E-state index in [1.165, 1.54) is 0 Å². The predicted molar refractivity (Wildman–Crippen MR) is 103 cm³/mol. The molecule has 3 aromatic heterocycles. The second kappa shape index (κ2) is 7.03. The van der Waals surface area contributed by atoms with Crippen LogP contribution < -0.4 is 10.9 Å². The molecule has 0 amide bonds. The number of hydrogen-bond donors (Lipinski definition) is 1. The summed E-state index contributed by atoms with van der Waals surface area (Å²) in [5.74, 6) is 0. The molecule has 0 fully saturated rings. The minimum absolute atomic E-state index is 0.132. The lowest BCUT2D eigenvalue weighted by atomic mass is 10.1. The monoisotopic (exact) mass is 340 g/mol. The first kappa shape index (κ1) is 15.8. The number of benzene rings is 1. The zero-order chi connectivity index (χ0) is 17.8. The van der Waals surface area contributed by atoms with Gasteiger partial charge in [-0.2, -0.15) is 0 Å². The molecule has 0 aliphatic carbocycles. The van der Waals surface area contributed by atoms with Gasteiger partial charge in [0.1, 0.15) is 5.69 Å². The standard InChI is InChI=1S/C21H16N4O/c26-21-20(24-17-9-12-22-13-10-17)14-16(19-8-4-5-11-23-19)15-25(21)18-6-2-1-3-7-18/h1-15H,(H,22,24). The van der Waals surface area contributed by atoms with Gasteiger partial charge in [-0.3, -0.25) is 19.3 Å². The molecule has 0 spiro atoms. The van der Waals surface area contributed by atoms with E-state index < -0.39 is 0 Å². The molecule has 4 aromatic rings. The lowest BCUT2D eigenvalue weighted by molar-refractivity contribution is 0.993. The van der Waals surface area contributed by atoms with Crippen molar-refractivity contribution in [3.8, 4) is 16.9 Å². The van der Waals surface area contributed by atoms with Crippen LogP contribution in [-0.4, -0.2) is 14.5 Å². The van der Waals surface area contributed by atoms with Gasteiger partial charge >= 0.3 is 0 Å². The lowest BCUT2D eigenvalue weighted by Crippen LogP contribution is -2.21. The molecular formula is C21H16N4O. The average Bonchev–Trinajstić information content (AvgIpc) is 2.71. The minimum Gasteiger partial charge on any atom is -0.351 e. The Morgan fingerprint density at radius 3 is 2.35 bits per heavy atom. The van der Waals surface area contributed by atoms with E-state index in [9.17, 15) is 4.79 Å². The molecule has 0 radical (unpaired) electrons. The van der Waals surface area contributed by atoms with E-state index in [0.717, 1.165) is 22.6 Å². The largest absolute Gasteiger partial charge is 0.351 e. The zero-order valence-corrected chi connectivity index (χ0v) is 13.9. The fourth-order valence-electron chi connectivity index (χ4n) is 2.72. The van der Waals surface area contributed by atoms with Crippen LogP contribution in [0.3, 0.4) is 0 Å². The van der Waals surface area contributed by atoms with E-state index in [1.807, 2.05) is 72.9 Å². The van der Waals surface area contributed by atoms with E-state index in [4.69, 9.17) is 0 Å². The van der Waals surface area contributed by atoms with E-state index in [1.54, 1.807) is 23.2 Å². The first-order valence-corrected chi connectivity index (χ1v) is 8.22. The third kappa shape index (κ3) is 3.23. The van der Waals surface area contributed by atoms with Gasteiger partial charge in [0.25, 0.3) is 5.56 Å². The summed E-state index contributed by atoms with van der Waals surface area (Å²) < 4.78 is 1.63. The van der Waals surface area contributed by atoms with E-state index in [0.29, 0.717) is 5.69 Å². The van der Waals surface area contributed by atoms with Crippen LogP contribution in [0.5, 0.6) is 0 Å². The molecule has 1 aromatic carbocycles. The summed E-state index contributed by atoms with van der Waals surface area (Å²) in [7, 11) is 0. The molecule has 26 heavy (non-hydrogen) atoms. The number of hydrogen-bond acceptors (Lipinski definition) is 4. The van der Waals surface area contributed by atoms with E-state index in [-0.39, 0.29) is 5.56 Å². The van der Waals surface area contributed by atoms with Gasteiger partial charge in [-0.25, -0.2) is 0 Å². The van der Waals surface area contributed by atoms with Crippen molar-refractivity contribution < 1.29 is 0 Å². The molecule has 0 unspecified atom stereocenters. The highest BCUT2D eigenvalue weighted by Crippen LogP contribution is 2.22. The van der Waals surface area contributed by atoms with E-state index in [2.05, 4.69) is 15.3 Å². The number of anilines is 2. The maximum atomic E-state index is 13.0. The minimum atomic E-state index is -0.132. The number of nitrogens with zero attached hydrogens (tertiary/aromatic N) is 3. The molecule has 0 bridgehead atoms. The van der Waals surface area contributed by atoms with Crippen molar-refractivity contribution in [1.29, 1.82) is 0 Å². The van der Waals surface area contributed by atoms with Crippen LogP contribution >= 0.6 is 0 Å². The fourth-order valence-corrected chi connectivity index (χ4v) is 2.72. The first-order valence-electron chi connectivity index (χ1n) is 8.22. The Bertz CT molecular complexity index is 1060. The Balaban J connectivity index is 1.89. The molecule has 0 saturated heterocycles. The molecule has 1 N–H and O–H groups in total. The third-order valence-corrected chi connectivity index (χ3v) is 3.97. The Hall–Kier alpha value is -3.73. The second-order valence-electron chi connectivity index (χ2n) is 5.73. The van der Waals surface area contributed by atoms with Gasteiger partial charge in [-0.05, 0) is 42.5 Å². The molecule has 5 nitrogen and oxygen atoms in total. The molecular weight excluding hydrogens is 324 g/mol. The average molecular weight is 340 g/mol. The Morgan fingerprint density at radius 2 is 1.62 bits per heavy atom. The maximum absolute atomic E-state index is 13.0. The van der Waals surface area contributed by atoms with Crippen molar-refractivity contribution in [2.45, 2.75) is 0 Å². The number of pyridine rings is 3. The van der Waals surface area contributed by atoms with Crippen LogP contribution in [-0.2, 0) is 0 Å². The Labute approximate surface area is 150 Å². The maximum Gasteiger partial charge on any atom is 0.278 e. The fraction of sp³-hybridized carbons (Fsp3) is 0. The number of nitrogens with one attached hydrogen (secondary N) is 1. The van der Waals surface area contributed by atoms with Crippen LogP contribution in [0.25, 0.3) is 16.9 Å². The van der Waals surface area contributed by atoms with Gasteiger partial charge in [0.2, 0.25) is 0 Å². The molecule has 5 heteroatoms. The van der Waals surface area contributed by atoms with Crippen LogP contribution in [0, 0.1) is 0 Å². The molecule has 0 aliphatic heterocycles. The molecule has 0 atom stereocenters. The summed E-state index contributed by atoms with van der Waals surface area (Å²) in [6.07, 6.45) is 6.92. The first-order chi connectivity index (χ1) is 12.8. The SMILES string of the molecule is O=c1c(Nc2ccncc2)cc(-c2ccccn2)cn1-c1ccccc1. The summed E-state index contributed by atoms with van der Waals surface area (Å²) in [6, 6.07) is 20.7. The van der Waals surface area contributed by atoms with Crippen LogP contribution in [0.4, 0.5) is 11.4 Å². The third-order valence-electron chi connectivity index (χ3n) is 3.97. The summed E-state index contributed by atoms with van der Waals surface area (Å²) in [6.45, 7) is 0. The molecule has 0 aliphatic rings. The van der Waals surface area contributed by atoms with Gasteiger partial charge in [-0.15, -0.1) is 0 Å². The second-order valence-corrected chi connectivity index (χ2v) is 5.73. The van der Waals surface area contributed by atoms with Gasteiger partial charge < -0.3 is 5.32 Å². The summed E-state index contributed by atoms with van der Waals surface area (Å²) in [5.41, 5.74) is 3.60. The van der Waals surface area contributed by atoms with Gasteiger partial charge in [0.15, 0.2) is 0 Å². The quantitative estimate of drug-likeness (QED) is 0.609. The highest BCUT2D eigenvalue weighted by atomic mass is 16.1. The normalized spacial score (nSPS) is 10.5. The van der Waals surface area contributed by atoms with Crippen molar-refractivity contribution in [2.24, 2.45) is 0 Å². The molecule has 0 saturated carbocycles. The van der Waals surface area contributed by atoms with E-state index >= 15 is 0 Å². The number of para-hydroxylation sites is 1. The Morgan fingerprint density at radius 1 is 0.846 bits per heavy atom. The van der Waals surface area contributed by atoms with Crippen molar-refractivity contribution in [3.05, 3.63) is 102 Å². The van der Waals surface area contributed by atoms with Gasteiger partial charge in [0, 0.05) is 41.7 Å². The highest BCUT2D eigenvalue weighted by molar-refractivity contribution is 5.68. The van der Waals surface area contributed by atoms with Gasteiger partial charge in [0.05, 0.1) is 5.69 Å². The highest BCUT2D eigenvalue weighted by Gasteiger charge is 2.10. The van der Waals surface area contributed by atoms with Crippen LogP contribution in [0.2, 0.25) is 0 Å². The smallest absolute Gasteiger partial charge is 0.278 e. The summed E-state index contributed by atoms with van der Waals surface area (Å²) in [4.78, 5) is 21.4. The number of rotatable bonds is 4. The Kier molecular flexibility index (Phi) is 4.26. The van der Waals surface area contributed by atoms with Crippen molar-refractivity contribution >= 4 is 11.4 Å². The molecule has 3 heterocycles. The van der Waals surface area contributed by atoms with Crippen LogP contribution in [0.15, 0.2) is 96.3 Å². The van der Waals surface area contributed by atoms with Crippen molar-refractivity contribution in [2.75, 3.05) is 5.32 Å². The number of aromatic nitrogens is 3. The van der Waals surface area contributed by atoms with Crippen molar-refractivity contribution in [3.63, 3.8) is 0 Å². The zero-order valence-electron chi connectivity index (χ0n) is 13.9. The van der Waals surface area contributed by atoms with Gasteiger partial charge in [-0.1, -0.05) is 24.3 Å². The lowest BCUT2D eigenvalue weighted by Gasteiger charge is -2.13. The summed E-state index contributed by atoms with van der Waals surface area (Å²) in [5, 5.41) is 3.19.